The van der Waals surface area contributed by atoms with Gasteiger partial charge >= 0.3 is 0 Å². The molecule has 0 aromatic heterocycles. The summed E-state index contributed by atoms with van der Waals surface area (Å²) >= 11 is 3.47. The zero-order valence-corrected chi connectivity index (χ0v) is 11.5. The summed E-state index contributed by atoms with van der Waals surface area (Å²) in [5.74, 6) is 1.73. The first kappa shape index (κ1) is 13.4. The Morgan fingerprint density at radius 2 is 2.00 bits per heavy atom. The average Bonchev–Trinajstić information content (AvgIpc) is 2.31. The van der Waals surface area contributed by atoms with Crippen LogP contribution in [0.2, 0.25) is 0 Å². The minimum atomic E-state index is 0.663. The Morgan fingerprint density at radius 3 is 2.62 bits per heavy atom. The van der Waals surface area contributed by atoms with Crippen molar-refractivity contribution in [1.82, 2.24) is 0 Å². The van der Waals surface area contributed by atoms with E-state index in [1.54, 1.807) is 0 Å². The molecule has 0 aliphatic carbocycles. The fourth-order valence-corrected chi connectivity index (χ4v) is 1.86. The summed E-state index contributed by atoms with van der Waals surface area (Å²) in [6, 6.07) is 6.00. The normalized spacial score (nSPS) is 10.2. The predicted octanol–water partition coefficient (Wildman–Crippen LogP) is 4.16. The first-order chi connectivity index (χ1) is 7.83. The Morgan fingerprint density at radius 1 is 1.19 bits per heavy atom. The van der Waals surface area contributed by atoms with Crippen LogP contribution in [0.1, 0.15) is 32.3 Å². The van der Waals surface area contributed by atoms with Gasteiger partial charge in [0, 0.05) is 10.9 Å². The molecule has 0 saturated heterocycles. The first-order valence-corrected chi connectivity index (χ1v) is 6.89. The zero-order chi connectivity index (χ0) is 11.8. The zero-order valence-electron chi connectivity index (χ0n) is 9.96. The fourth-order valence-electron chi connectivity index (χ4n) is 1.42. The quantitative estimate of drug-likeness (QED) is 0.554. The van der Waals surface area contributed by atoms with Gasteiger partial charge in [0.2, 0.25) is 0 Å². The van der Waals surface area contributed by atoms with Crippen molar-refractivity contribution in [1.29, 1.82) is 0 Å². The number of unbranched alkanes of at least 4 members (excludes halogenated alkanes) is 1. The van der Waals surface area contributed by atoms with E-state index in [9.17, 15) is 0 Å². The summed E-state index contributed by atoms with van der Waals surface area (Å²) in [5, 5.41) is 0.787. The van der Waals surface area contributed by atoms with Gasteiger partial charge in [-0.25, -0.2) is 0 Å². The van der Waals surface area contributed by atoms with Crippen molar-refractivity contribution in [2.75, 3.05) is 13.2 Å². The lowest BCUT2D eigenvalue weighted by Gasteiger charge is -2.14. The Hall–Kier alpha value is -0.700. The van der Waals surface area contributed by atoms with Crippen molar-refractivity contribution in [2.24, 2.45) is 0 Å². The van der Waals surface area contributed by atoms with Gasteiger partial charge in [0.1, 0.15) is 0 Å². The molecule has 0 spiro atoms. The van der Waals surface area contributed by atoms with Crippen LogP contribution in [0.4, 0.5) is 0 Å². The molecule has 0 bridgehead atoms. The van der Waals surface area contributed by atoms with Gasteiger partial charge in [-0.1, -0.05) is 41.4 Å². The molecule has 2 nitrogen and oxygen atoms in total. The maximum absolute atomic E-state index is 5.80. The molecule has 3 heteroatoms. The van der Waals surface area contributed by atoms with Gasteiger partial charge in [0.05, 0.1) is 13.2 Å². The number of hydrogen-bond donors (Lipinski definition) is 0. The molecule has 0 amide bonds. The minimum absolute atomic E-state index is 0.663. The maximum Gasteiger partial charge on any atom is 0.165 e. The van der Waals surface area contributed by atoms with Crippen LogP contribution in [0.15, 0.2) is 18.2 Å². The second kappa shape index (κ2) is 7.55. The summed E-state index contributed by atoms with van der Waals surface area (Å²) in [7, 11) is 0. The van der Waals surface area contributed by atoms with Gasteiger partial charge < -0.3 is 9.47 Å². The van der Waals surface area contributed by atoms with E-state index in [2.05, 4.69) is 28.9 Å². The Bertz CT molecular complexity index is 313. The van der Waals surface area contributed by atoms with E-state index in [0.717, 1.165) is 41.8 Å². The molecule has 0 atom stereocenters. The van der Waals surface area contributed by atoms with Crippen molar-refractivity contribution >= 4 is 15.9 Å². The second-order valence-electron chi connectivity index (χ2n) is 3.51. The molecule has 0 aliphatic heterocycles. The molecule has 90 valence electrons. The highest BCUT2D eigenvalue weighted by Crippen LogP contribution is 2.32. The van der Waals surface area contributed by atoms with E-state index in [4.69, 9.17) is 9.47 Å². The van der Waals surface area contributed by atoms with Crippen LogP contribution in [-0.2, 0) is 5.33 Å². The number of para-hydroxylation sites is 1. The lowest BCUT2D eigenvalue weighted by Crippen LogP contribution is -2.02. The molecule has 0 N–H and O–H groups in total. The molecule has 0 saturated carbocycles. The number of halogens is 1. The molecule has 16 heavy (non-hydrogen) atoms. The molecule has 0 radical (unpaired) electrons. The number of ether oxygens (including phenoxy) is 2. The lowest BCUT2D eigenvalue weighted by atomic mass is 10.2. The van der Waals surface area contributed by atoms with Crippen molar-refractivity contribution in [3.05, 3.63) is 23.8 Å². The number of alkyl halides is 1. The highest BCUT2D eigenvalue weighted by molar-refractivity contribution is 9.08. The van der Waals surface area contributed by atoms with Gasteiger partial charge in [0.15, 0.2) is 11.5 Å². The van der Waals surface area contributed by atoms with Gasteiger partial charge in [0.25, 0.3) is 0 Å². The lowest BCUT2D eigenvalue weighted by molar-refractivity contribution is 0.271. The number of hydrogen-bond acceptors (Lipinski definition) is 2. The van der Waals surface area contributed by atoms with Crippen LogP contribution in [0.25, 0.3) is 0 Å². The molecular weight excluding hydrogens is 268 g/mol. The number of rotatable bonds is 7. The SMILES string of the molecule is CCCCOc1c(CBr)cccc1OCC. The van der Waals surface area contributed by atoms with Crippen molar-refractivity contribution in [3.8, 4) is 11.5 Å². The van der Waals surface area contributed by atoms with Crippen LogP contribution in [0, 0.1) is 0 Å². The Labute approximate surface area is 106 Å². The van der Waals surface area contributed by atoms with Crippen LogP contribution < -0.4 is 9.47 Å². The Kier molecular flexibility index (Phi) is 6.31. The van der Waals surface area contributed by atoms with Crippen LogP contribution in [-0.4, -0.2) is 13.2 Å². The second-order valence-corrected chi connectivity index (χ2v) is 4.07. The smallest absolute Gasteiger partial charge is 0.165 e. The van der Waals surface area contributed by atoms with E-state index < -0.39 is 0 Å². The molecule has 1 aromatic rings. The van der Waals surface area contributed by atoms with Crippen molar-refractivity contribution in [2.45, 2.75) is 32.0 Å². The van der Waals surface area contributed by atoms with Gasteiger partial charge in [-0.05, 0) is 19.4 Å². The molecule has 0 heterocycles. The molecular formula is C13H19BrO2. The van der Waals surface area contributed by atoms with Gasteiger partial charge in [-0.15, -0.1) is 0 Å². The van der Waals surface area contributed by atoms with E-state index in [1.165, 1.54) is 0 Å². The predicted molar refractivity (Wildman–Crippen MR) is 70.6 cm³/mol. The number of benzene rings is 1. The van der Waals surface area contributed by atoms with E-state index in [0.29, 0.717) is 6.61 Å². The molecule has 0 unspecified atom stereocenters. The maximum atomic E-state index is 5.80. The van der Waals surface area contributed by atoms with Gasteiger partial charge in [-0.2, -0.15) is 0 Å². The monoisotopic (exact) mass is 286 g/mol. The Balaban J connectivity index is 2.81. The molecule has 0 aliphatic rings. The third-order valence-electron chi connectivity index (χ3n) is 2.25. The highest BCUT2D eigenvalue weighted by atomic mass is 79.9. The minimum Gasteiger partial charge on any atom is -0.490 e. The molecule has 1 aromatic carbocycles. The third-order valence-corrected chi connectivity index (χ3v) is 2.85. The molecule has 0 fully saturated rings. The highest BCUT2D eigenvalue weighted by Gasteiger charge is 2.09. The van der Waals surface area contributed by atoms with E-state index >= 15 is 0 Å². The van der Waals surface area contributed by atoms with Crippen molar-refractivity contribution < 1.29 is 9.47 Å². The van der Waals surface area contributed by atoms with Crippen LogP contribution in [0.3, 0.4) is 0 Å². The average molecular weight is 287 g/mol. The summed E-state index contributed by atoms with van der Waals surface area (Å²) in [6.45, 7) is 5.55. The first-order valence-electron chi connectivity index (χ1n) is 5.76. The third kappa shape index (κ3) is 3.71. The summed E-state index contributed by atoms with van der Waals surface area (Å²) in [6.07, 6.45) is 2.21. The van der Waals surface area contributed by atoms with E-state index in [1.807, 2.05) is 19.1 Å². The topological polar surface area (TPSA) is 18.5 Å². The van der Waals surface area contributed by atoms with Gasteiger partial charge in [-0.3, -0.25) is 0 Å². The molecule has 1 rings (SSSR count). The van der Waals surface area contributed by atoms with Crippen LogP contribution >= 0.6 is 15.9 Å². The summed E-state index contributed by atoms with van der Waals surface area (Å²) < 4.78 is 11.4. The van der Waals surface area contributed by atoms with Crippen LogP contribution in [0.5, 0.6) is 11.5 Å². The fraction of sp³-hybridized carbons (Fsp3) is 0.538. The largest absolute Gasteiger partial charge is 0.490 e. The standard InChI is InChI=1S/C13H19BrO2/c1-3-5-9-16-13-11(10-14)7-6-8-12(13)15-4-2/h6-8H,3-5,9-10H2,1-2H3. The van der Waals surface area contributed by atoms with E-state index in [-0.39, 0.29) is 0 Å². The summed E-state index contributed by atoms with van der Waals surface area (Å²) in [4.78, 5) is 0. The summed E-state index contributed by atoms with van der Waals surface area (Å²) in [5.41, 5.74) is 1.14. The van der Waals surface area contributed by atoms with Crippen molar-refractivity contribution in [3.63, 3.8) is 0 Å².